The molecule has 0 amide bonds. The third-order valence-corrected chi connectivity index (χ3v) is 3.13. The molecule has 2 rings (SSSR count). The summed E-state index contributed by atoms with van der Waals surface area (Å²) in [5, 5.41) is 0. The van der Waals surface area contributed by atoms with Crippen molar-refractivity contribution in [2.24, 2.45) is 11.7 Å². The van der Waals surface area contributed by atoms with Crippen molar-refractivity contribution in [3.05, 3.63) is 29.3 Å². The molecule has 0 spiro atoms. The minimum absolute atomic E-state index is 0.196. The van der Waals surface area contributed by atoms with Crippen LogP contribution in [0.25, 0.3) is 0 Å². The predicted molar refractivity (Wildman–Crippen MR) is 62.0 cm³/mol. The Morgan fingerprint density at radius 1 is 1.47 bits per heavy atom. The topological polar surface area (TPSA) is 35.2 Å². The summed E-state index contributed by atoms with van der Waals surface area (Å²) in [6.45, 7) is 2.06. The number of nitrogens with two attached hydrogens (primary N) is 1. The zero-order chi connectivity index (χ0) is 10.8. The van der Waals surface area contributed by atoms with Crippen molar-refractivity contribution >= 4 is 0 Å². The van der Waals surface area contributed by atoms with E-state index in [1.165, 1.54) is 24.0 Å². The second-order valence-corrected chi connectivity index (χ2v) is 4.51. The van der Waals surface area contributed by atoms with Gasteiger partial charge in [0.15, 0.2) is 0 Å². The smallest absolute Gasteiger partial charge is 0.121 e. The lowest BCUT2D eigenvalue weighted by atomic mass is 10.00. The quantitative estimate of drug-likeness (QED) is 0.820. The molecule has 0 saturated heterocycles. The van der Waals surface area contributed by atoms with Gasteiger partial charge >= 0.3 is 0 Å². The van der Waals surface area contributed by atoms with Crippen molar-refractivity contribution in [2.45, 2.75) is 32.2 Å². The van der Waals surface area contributed by atoms with E-state index >= 15 is 0 Å². The average molecular weight is 205 g/mol. The van der Waals surface area contributed by atoms with E-state index in [0.717, 1.165) is 18.1 Å². The minimum atomic E-state index is 0.196. The van der Waals surface area contributed by atoms with Gasteiger partial charge in [-0.1, -0.05) is 25.0 Å². The lowest BCUT2D eigenvalue weighted by Crippen LogP contribution is -2.11. The Morgan fingerprint density at radius 3 is 2.73 bits per heavy atom. The molecule has 1 aliphatic rings. The molecule has 2 heteroatoms. The second-order valence-electron chi connectivity index (χ2n) is 4.51. The van der Waals surface area contributed by atoms with Crippen LogP contribution < -0.4 is 10.5 Å². The third-order valence-electron chi connectivity index (χ3n) is 3.13. The zero-order valence-corrected chi connectivity index (χ0v) is 9.49. The Kier molecular flexibility index (Phi) is 2.96. The molecule has 0 heterocycles. The first-order valence-electron chi connectivity index (χ1n) is 5.61. The molecule has 2 nitrogen and oxygen atoms in total. The largest absolute Gasteiger partial charge is 0.496 e. The van der Waals surface area contributed by atoms with E-state index < -0.39 is 0 Å². The number of rotatable bonds is 4. The number of hydrogen-bond acceptors (Lipinski definition) is 2. The summed E-state index contributed by atoms with van der Waals surface area (Å²) in [7, 11) is 1.70. The van der Waals surface area contributed by atoms with Gasteiger partial charge in [-0.25, -0.2) is 0 Å². The highest BCUT2D eigenvalue weighted by Gasteiger charge is 2.24. The number of aryl methyl sites for hydroxylation is 1. The third kappa shape index (κ3) is 2.51. The first-order chi connectivity index (χ1) is 7.20. The molecular weight excluding hydrogens is 186 g/mol. The Hall–Kier alpha value is -1.02. The Balaban J connectivity index is 2.09. The fourth-order valence-electron chi connectivity index (χ4n) is 1.98. The van der Waals surface area contributed by atoms with Crippen LogP contribution in [0, 0.1) is 12.8 Å². The van der Waals surface area contributed by atoms with Crippen LogP contribution in [-0.2, 0) is 0 Å². The highest BCUT2D eigenvalue weighted by Crippen LogP contribution is 2.37. The summed E-state index contributed by atoms with van der Waals surface area (Å²) >= 11 is 0. The van der Waals surface area contributed by atoms with Crippen LogP contribution in [0.15, 0.2) is 18.2 Å². The molecule has 1 atom stereocenters. The Bertz CT molecular complexity index is 344. The molecule has 82 valence electrons. The fraction of sp³-hybridized carbons (Fsp3) is 0.538. The van der Waals surface area contributed by atoms with Crippen LogP contribution >= 0.6 is 0 Å². The van der Waals surface area contributed by atoms with E-state index in [2.05, 4.69) is 19.1 Å². The van der Waals surface area contributed by atoms with E-state index in [-0.39, 0.29) is 6.04 Å². The van der Waals surface area contributed by atoms with E-state index in [4.69, 9.17) is 10.5 Å². The summed E-state index contributed by atoms with van der Waals surface area (Å²) in [6.07, 6.45) is 3.86. The maximum absolute atomic E-state index is 6.16. The number of benzene rings is 1. The standard InChI is InChI=1S/C13H19NO/c1-9-7-11(5-6-13(9)15-2)12(14)8-10-3-4-10/h5-7,10,12H,3-4,8,14H2,1-2H3/t12-/m0/s1. The molecule has 1 fully saturated rings. The van der Waals surface area contributed by atoms with Crippen LogP contribution in [0.5, 0.6) is 5.75 Å². The van der Waals surface area contributed by atoms with Crippen LogP contribution in [0.3, 0.4) is 0 Å². The van der Waals surface area contributed by atoms with Crippen molar-refractivity contribution in [3.8, 4) is 5.75 Å². The zero-order valence-electron chi connectivity index (χ0n) is 9.49. The summed E-state index contributed by atoms with van der Waals surface area (Å²) < 4.78 is 5.23. The fourth-order valence-corrected chi connectivity index (χ4v) is 1.98. The summed E-state index contributed by atoms with van der Waals surface area (Å²) in [4.78, 5) is 0. The van der Waals surface area contributed by atoms with Gasteiger partial charge < -0.3 is 10.5 Å². The van der Waals surface area contributed by atoms with Gasteiger partial charge in [-0.2, -0.15) is 0 Å². The van der Waals surface area contributed by atoms with E-state index in [0.29, 0.717) is 0 Å². The molecule has 0 radical (unpaired) electrons. The van der Waals surface area contributed by atoms with Crippen molar-refractivity contribution < 1.29 is 4.74 Å². The number of ether oxygens (including phenoxy) is 1. The van der Waals surface area contributed by atoms with Crippen molar-refractivity contribution in [3.63, 3.8) is 0 Å². The lowest BCUT2D eigenvalue weighted by molar-refractivity contribution is 0.411. The first kappa shape index (κ1) is 10.5. The highest BCUT2D eigenvalue weighted by molar-refractivity contribution is 5.37. The van der Waals surface area contributed by atoms with Gasteiger partial charge in [0.25, 0.3) is 0 Å². The SMILES string of the molecule is COc1ccc([C@@H](N)CC2CC2)cc1C. The van der Waals surface area contributed by atoms with Gasteiger partial charge in [0.05, 0.1) is 7.11 Å². The maximum atomic E-state index is 6.16. The maximum Gasteiger partial charge on any atom is 0.121 e. The van der Waals surface area contributed by atoms with Gasteiger partial charge in [0.1, 0.15) is 5.75 Å². The number of methoxy groups -OCH3 is 1. The molecule has 1 aliphatic carbocycles. The van der Waals surface area contributed by atoms with Crippen LogP contribution in [-0.4, -0.2) is 7.11 Å². The first-order valence-corrected chi connectivity index (χ1v) is 5.61. The lowest BCUT2D eigenvalue weighted by Gasteiger charge is -2.13. The predicted octanol–water partition coefficient (Wildman–Crippen LogP) is 2.80. The molecule has 0 aromatic heterocycles. The van der Waals surface area contributed by atoms with E-state index in [1.54, 1.807) is 7.11 Å². The van der Waals surface area contributed by atoms with Gasteiger partial charge in [-0.3, -0.25) is 0 Å². The molecule has 0 bridgehead atoms. The molecule has 1 aromatic rings. The van der Waals surface area contributed by atoms with Crippen LogP contribution in [0.4, 0.5) is 0 Å². The molecule has 1 saturated carbocycles. The molecule has 15 heavy (non-hydrogen) atoms. The normalized spacial score (nSPS) is 17.5. The summed E-state index contributed by atoms with van der Waals surface area (Å²) in [6, 6.07) is 6.43. The van der Waals surface area contributed by atoms with E-state index in [9.17, 15) is 0 Å². The minimum Gasteiger partial charge on any atom is -0.496 e. The van der Waals surface area contributed by atoms with Gasteiger partial charge in [-0.05, 0) is 36.5 Å². The van der Waals surface area contributed by atoms with Crippen molar-refractivity contribution in [1.82, 2.24) is 0 Å². The molecular formula is C13H19NO. The van der Waals surface area contributed by atoms with Crippen molar-refractivity contribution in [1.29, 1.82) is 0 Å². The number of hydrogen-bond donors (Lipinski definition) is 1. The summed E-state index contributed by atoms with van der Waals surface area (Å²) in [5.74, 6) is 1.82. The van der Waals surface area contributed by atoms with Crippen LogP contribution in [0.2, 0.25) is 0 Å². The van der Waals surface area contributed by atoms with Gasteiger partial charge in [0, 0.05) is 6.04 Å². The van der Waals surface area contributed by atoms with Gasteiger partial charge in [0.2, 0.25) is 0 Å². The molecule has 0 aliphatic heterocycles. The Morgan fingerprint density at radius 2 is 2.20 bits per heavy atom. The monoisotopic (exact) mass is 205 g/mol. The average Bonchev–Trinajstić information content (AvgIpc) is 3.01. The van der Waals surface area contributed by atoms with Gasteiger partial charge in [-0.15, -0.1) is 0 Å². The Labute approximate surface area is 91.4 Å². The molecule has 0 unspecified atom stereocenters. The molecule has 1 aromatic carbocycles. The van der Waals surface area contributed by atoms with E-state index in [1.807, 2.05) is 6.07 Å². The molecule has 2 N–H and O–H groups in total. The summed E-state index contributed by atoms with van der Waals surface area (Å²) in [5.41, 5.74) is 8.56. The van der Waals surface area contributed by atoms with Crippen molar-refractivity contribution in [2.75, 3.05) is 7.11 Å². The van der Waals surface area contributed by atoms with Crippen LogP contribution in [0.1, 0.15) is 36.4 Å². The second kappa shape index (κ2) is 4.23. The highest BCUT2D eigenvalue weighted by atomic mass is 16.5.